The van der Waals surface area contributed by atoms with E-state index in [4.69, 9.17) is 11.5 Å². The summed E-state index contributed by atoms with van der Waals surface area (Å²) in [5.41, 5.74) is 12.9. The predicted molar refractivity (Wildman–Crippen MR) is 80.3 cm³/mol. The van der Waals surface area contributed by atoms with Crippen LogP contribution in [0.25, 0.3) is 10.8 Å². The van der Waals surface area contributed by atoms with Crippen LogP contribution in [0, 0.1) is 0 Å². The molecule has 0 fully saturated rings. The number of pyridine rings is 1. The molecule has 3 rings (SSSR count). The van der Waals surface area contributed by atoms with E-state index in [9.17, 15) is 0 Å². The van der Waals surface area contributed by atoms with Crippen LogP contribution in [0.5, 0.6) is 0 Å². The van der Waals surface area contributed by atoms with Gasteiger partial charge in [-0.25, -0.2) is 4.98 Å². The van der Waals surface area contributed by atoms with Crippen molar-refractivity contribution in [2.45, 2.75) is 0 Å². The van der Waals surface area contributed by atoms with E-state index in [-0.39, 0.29) is 0 Å². The van der Waals surface area contributed by atoms with Crippen molar-refractivity contribution in [3.05, 3.63) is 54.6 Å². The molecule has 0 saturated heterocycles. The first-order valence-electron chi connectivity index (χ1n) is 6.01. The molecule has 2 aromatic carbocycles. The van der Waals surface area contributed by atoms with E-state index < -0.39 is 0 Å². The summed E-state index contributed by atoms with van der Waals surface area (Å²) in [6.45, 7) is 0. The van der Waals surface area contributed by atoms with Gasteiger partial charge in [0.2, 0.25) is 0 Å². The van der Waals surface area contributed by atoms with Crippen molar-refractivity contribution in [3.8, 4) is 0 Å². The van der Waals surface area contributed by atoms with E-state index in [2.05, 4.69) is 28.5 Å². The van der Waals surface area contributed by atoms with Gasteiger partial charge in [-0.1, -0.05) is 36.4 Å². The van der Waals surface area contributed by atoms with Crippen LogP contribution < -0.4 is 16.8 Å². The molecule has 3 aromatic rings. The second kappa shape index (κ2) is 4.49. The highest BCUT2D eigenvalue weighted by Crippen LogP contribution is 2.26. The van der Waals surface area contributed by atoms with Crippen LogP contribution in [0.4, 0.5) is 23.0 Å². The van der Waals surface area contributed by atoms with Crippen LogP contribution in [0.3, 0.4) is 0 Å². The number of nitrogens with zero attached hydrogens (tertiary/aromatic N) is 1. The second-order valence-electron chi connectivity index (χ2n) is 4.32. The molecule has 0 spiro atoms. The summed E-state index contributed by atoms with van der Waals surface area (Å²) >= 11 is 0. The van der Waals surface area contributed by atoms with Gasteiger partial charge in [-0.3, -0.25) is 0 Å². The lowest BCUT2D eigenvalue weighted by Crippen LogP contribution is -2.01. The number of nitrogens with one attached hydrogen (secondary N) is 1. The molecule has 0 amide bonds. The normalized spacial score (nSPS) is 10.5. The monoisotopic (exact) mass is 250 g/mol. The summed E-state index contributed by atoms with van der Waals surface area (Å²) in [5, 5.41) is 5.59. The summed E-state index contributed by atoms with van der Waals surface area (Å²) in [5.74, 6) is 1.02. The molecule has 0 aliphatic carbocycles. The van der Waals surface area contributed by atoms with E-state index in [0.29, 0.717) is 17.3 Å². The highest BCUT2D eigenvalue weighted by molar-refractivity contribution is 5.95. The van der Waals surface area contributed by atoms with Gasteiger partial charge in [-0.2, -0.15) is 0 Å². The number of aromatic nitrogens is 1. The number of hydrogen-bond acceptors (Lipinski definition) is 4. The number of nitrogens with two attached hydrogens (primary N) is 2. The van der Waals surface area contributed by atoms with Crippen LogP contribution >= 0.6 is 0 Å². The van der Waals surface area contributed by atoms with Crippen molar-refractivity contribution in [2.24, 2.45) is 0 Å². The summed E-state index contributed by atoms with van der Waals surface area (Å²) < 4.78 is 0. The zero-order valence-electron chi connectivity index (χ0n) is 10.3. The number of benzene rings is 2. The average molecular weight is 250 g/mol. The zero-order chi connectivity index (χ0) is 13.2. The molecule has 4 nitrogen and oxygen atoms in total. The Labute approximate surface area is 111 Å². The lowest BCUT2D eigenvalue weighted by Gasteiger charge is -2.10. The van der Waals surface area contributed by atoms with Crippen molar-refractivity contribution >= 4 is 33.8 Å². The molecule has 0 aliphatic heterocycles. The second-order valence-corrected chi connectivity index (χ2v) is 4.32. The quantitative estimate of drug-likeness (QED) is 0.653. The maximum absolute atomic E-state index is 5.71. The van der Waals surface area contributed by atoms with Crippen LogP contribution in [0.2, 0.25) is 0 Å². The molecule has 19 heavy (non-hydrogen) atoms. The van der Waals surface area contributed by atoms with Crippen molar-refractivity contribution in [3.63, 3.8) is 0 Å². The third-order valence-electron chi connectivity index (χ3n) is 3.01. The maximum atomic E-state index is 5.71. The first kappa shape index (κ1) is 11.3. The minimum Gasteiger partial charge on any atom is -0.396 e. The Hall–Kier alpha value is -2.75. The van der Waals surface area contributed by atoms with Crippen LogP contribution in [-0.2, 0) is 0 Å². The van der Waals surface area contributed by atoms with Crippen molar-refractivity contribution in [1.82, 2.24) is 4.98 Å². The standard InChI is InChI=1S/C15H14N4/c16-12-8-9-14(19-15(12)17)18-13-7-3-5-10-4-1-2-6-11(10)13/h1-9H,16H2,(H3,17,18,19). The Kier molecular flexibility index (Phi) is 2.68. The number of fused-ring (bicyclic) bond motifs is 1. The number of anilines is 4. The van der Waals surface area contributed by atoms with Crippen LogP contribution in [0.1, 0.15) is 0 Å². The average Bonchev–Trinajstić information content (AvgIpc) is 2.43. The molecule has 0 aliphatic rings. The fourth-order valence-corrected chi connectivity index (χ4v) is 2.03. The van der Waals surface area contributed by atoms with Gasteiger partial charge in [0.1, 0.15) is 11.6 Å². The minimum absolute atomic E-state index is 0.338. The Morgan fingerprint density at radius 1 is 0.842 bits per heavy atom. The van der Waals surface area contributed by atoms with Crippen molar-refractivity contribution in [1.29, 1.82) is 0 Å². The van der Waals surface area contributed by atoms with Gasteiger partial charge >= 0.3 is 0 Å². The van der Waals surface area contributed by atoms with Gasteiger partial charge in [0.15, 0.2) is 0 Å². The largest absolute Gasteiger partial charge is 0.396 e. The van der Waals surface area contributed by atoms with Gasteiger partial charge in [-0.05, 0) is 23.6 Å². The third kappa shape index (κ3) is 2.15. The Balaban J connectivity index is 2.03. The molecule has 4 heteroatoms. The van der Waals surface area contributed by atoms with Crippen molar-refractivity contribution in [2.75, 3.05) is 16.8 Å². The molecule has 0 unspecified atom stereocenters. The lowest BCUT2D eigenvalue weighted by atomic mass is 10.1. The lowest BCUT2D eigenvalue weighted by molar-refractivity contribution is 1.32. The molecule has 0 saturated carbocycles. The summed E-state index contributed by atoms with van der Waals surface area (Å²) in [4.78, 5) is 4.22. The maximum Gasteiger partial charge on any atom is 0.149 e. The Bertz CT molecular complexity index is 732. The number of hydrogen-bond donors (Lipinski definition) is 3. The number of nitrogen functional groups attached to an aromatic ring is 2. The van der Waals surface area contributed by atoms with E-state index in [1.807, 2.05) is 30.3 Å². The molecule has 94 valence electrons. The highest BCUT2D eigenvalue weighted by Gasteiger charge is 2.03. The van der Waals surface area contributed by atoms with E-state index in [0.717, 1.165) is 11.1 Å². The van der Waals surface area contributed by atoms with E-state index >= 15 is 0 Å². The third-order valence-corrected chi connectivity index (χ3v) is 3.01. The van der Waals surface area contributed by atoms with Gasteiger partial charge in [0.05, 0.1) is 5.69 Å². The molecule has 1 heterocycles. The van der Waals surface area contributed by atoms with E-state index in [1.54, 1.807) is 6.07 Å². The highest BCUT2D eigenvalue weighted by atomic mass is 15.0. The fourth-order valence-electron chi connectivity index (χ4n) is 2.03. The SMILES string of the molecule is Nc1ccc(Nc2cccc3ccccc23)nc1N. The summed E-state index contributed by atoms with van der Waals surface area (Å²) in [6.07, 6.45) is 0. The first-order chi connectivity index (χ1) is 9.24. The summed E-state index contributed by atoms with van der Waals surface area (Å²) in [7, 11) is 0. The van der Waals surface area contributed by atoms with Gasteiger partial charge in [0, 0.05) is 11.1 Å². The van der Waals surface area contributed by atoms with E-state index in [1.165, 1.54) is 5.39 Å². The van der Waals surface area contributed by atoms with Gasteiger partial charge in [0.25, 0.3) is 0 Å². The Morgan fingerprint density at radius 2 is 1.63 bits per heavy atom. The van der Waals surface area contributed by atoms with Crippen LogP contribution in [-0.4, -0.2) is 4.98 Å². The fraction of sp³-hybridized carbons (Fsp3) is 0. The predicted octanol–water partition coefficient (Wildman–Crippen LogP) is 3.14. The molecule has 0 bridgehead atoms. The molecular weight excluding hydrogens is 236 g/mol. The summed E-state index contributed by atoms with van der Waals surface area (Å²) in [6, 6.07) is 17.8. The topological polar surface area (TPSA) is 77.0 Å². The van der Waals surface area contributed by atoms with Gasteiger partial charge < -0.3 is 16.8 Å². The van der Waals surface area contributed by atoms with Crippen molar-refractivity contribution < 1.29 is 0 Å². The smallest absolute Gasteiger partial charge is 0.149 e. The van der Waals surface area contributed by atoms with Gasteiger partial charge in [-0.15, -0.1) is 0 Å². The number of rotatable bonds is 2. The molecule has 0 atom stereocenters. The molecular formula is C15H14N4. The minimum atomic E-state index is 0.338. The molecule has 1 aromatic heterocycles. The Morgan fingerprint density at radius 3 is 2.47 bits per heavy atom. The molecule has 0 radical (unpaired) electrons. The zero-order valence-corrected chi connectivity index (χ0v) is 10.3. The van der Waals surface area contributed by atoms with Crippen LogP contribution in [0.15, 0.2) is 54.6 Å². The molecule has 5 N–H and O–H groups in total. The first-order valence-corrected chi connectivity index (χ1v) is 6.01.